The molecule has 1 saturated carbocycles. The lowest BCUT2D eigenvalue weighted by molar-refractivity contribution is -0.149. The summed E-state index contributed by atoms with van der Waals surface area (Å²) in [6.07, 6.45) is 3.94. The van der Waals surface area contributed by atoms with Gasteiger partial charge in [0.1, 0.15) is 5.75 Å². The van der Waals surface area contributed by atoms with Gasteiger partial charge in [-0.1, -0.05) is 12.5 Å². The van der Waals surface area contributed by atoms with E-state index in [0.717, 1.165) is 37.1 Å². The summed E-state index contributed by atoms with van der Waals surface area (Å²) in [5, 5.41) is 3.52. The summed E-state index contributed by atoms with van der Waals surface area (Å²) >= 11 is 0. The lowest BCUT2D eigenvalue weighted by Crippen LogP contribution is -2.32. The second kappa shape index (κ2) is 7.91. The SMILES string of the molecule is CCOC(=O)C1CCCC(Nc2cccc(OCC)c2)C1. The standard InChI is InChI=1S/C17H25NO3/c1-3-20-16-10-6-9-15(12-16)18-14-8-5-7-13(11-14)17(19)21-4-2/h6,9-10,12-14,18H,3-5,7-8,11H2,1-2H3. The highest BCUT2D eigenvalue weighted by molar-refractivity contribution is 5.72. The van der Waals surface area contributed by atoms with Gasteiger partial charge in [0.2, 0.25) is 0 Å². The Labute approximate surface area is 126 Å². The lowest BCUT2D eigenvalue weighted by Gasteiger charge is -2.29. The first-order chi connectivity index (χ1) is 10.2. The fourth-order valence-electron chi connectivity index (χ4n) is 2.87. The van der Waals surface area contributed by atoms with Gasteiger partial charge < -0.3 is 14.8 Å². The molecule has 0 bridgehead atoms. The highest BCUT2D eigenvalue weighted by Crippen LogP contribution is 2.28. The van der Waals surface area contributed by atoms with Gasteiger partial charge in [0.05, 0.1) is 19.1 Å². The highest BCUT2D eigenvalue weighted by Gasteiger charge is 2.28. The molecule has 2 rings (SSSR count). The van der Waals surface area contributed by atoms with Crippen LogP contribution in [0.1, 0.15) is 39.5 Å². The van der Waals surface area contributed by atoms with Crippen LogP contribution in [0.2, 0.25) is 0 Å². The van der Waals surface area contributed by atoms with Crippen LogP contribution < -0.4 is 10.1 Å². The maximum Gasteiger partial charge on any atom is 0.308 e. The first kappa shape index (κ1) is 15.7. The maximum absolute atomic E-state index is 11.9. The monoisotopic (exact) mass is 291 g/mol. The van der Waals surface area contributed by atoms with E-state index in [4.69, 9.17) is 9.47 Å². The molecule has 116 valence electrons. The first-order valence-electron chi connectivity index (χ1n) is 7.89. The molecule has 1 fully saturated rings. The van der Waals surface area contributed by atoms with Gasteiger partial charge in [-0.15, -0.1) is 0 Å². The molecule has 1 aromatic rings. The van der Waals surface area contributed by atoms with Crippen LogP contribution in [0.4, 0.5) is 5.69 Å². The third-order valence-corrected chi connectivity index (χ3v) is 3.81. The number of benzene rings is 1. The van der Waals surface area contributed by atoms with E-state index < -0.39 is 0 Å². The number of rotatable bonds is 6. The average molecular weight is 291 g/mol. The predicted octanol–water partition coefficient (Wildman–Crippen LogP) is 3.62. The molecule has 2 atom stereocenters. The number of nitrogens with one attached hydrogen (secondary N) is 1. The molecule has 1 aliphatic rings. The van der Waals surface area contributed by atoms with E-state index in [1.807, 2.05) is 38.1 Å². The van der Waals surface area contributed by atoms with Crippen LogP contribution >= 0.6 is 0 Å². The van der Waals surface area contributed by atoms with E-state index in [1.54, 1.807) is 0 Å². The van der Waals surface area contributed by atoms with Crippen LogP contribution in [0, 0.1) is 5.92 Å². The Morgan fingerprint density at radius 3 is 2.90 bits per heavy atom. The minimum atomic E-state index is -0.0490. The summed E-state index contributed by atoms with van der Waals surface area (Å²) in [4.78, 5) is 11.9. The van der Waals surface area contributed by atoms with Crippen LogP contribution in [0.5, 0.6) is 5.75 Å². The molecule has 0 spiro atoms. The molecular formula is C17H25NO3. The Morgan fingerprint density at radius 2 is 2.14 bits per heavy atom. The van der Waals surface area contributed by atoms with Crippen molar-refractivity contribution in [3.05, 3.63) is 24.3 Å². The van der Waals surface area contributed by atoms with E-state index in [9.17, 15) is 4.79 Å². The molecule has 0 aliphatic heterocycles. The molecule has 4 nitrogen and oxygen atoms in total. The molecule has 0 aromatic heterocycles. The fraction of sp³-hybridized carbons (Fsp3) is 0.588. The Balaban J connectivity index is 1.93. The zero-order valence-corrected chi connectivity index (χ0v) is 12.9. The third kappa shape index (κ3) is 4.66. The molecule has 2 unspecified atom stereocenters. The first-order valence-corrected chi connectivity index (χ1v) is 7.89. The fourth-order valence-corrected chi connectivity index (χ4v) is 2.87. The molecule has 0 saturated heterocycles. The van der Waals surface area contributed by atoms with Crippen LogP contribution in [0.25, 0.3) is 0 Å². The molecule has 0 amide bonds. The molecule has 0 radical (unpaired) electrons. The van der Waals surface area contributed by atoms with Crippen molar-refractivity contribution in [1.82, 2.24) is 0 Å². The Hall–Kier alpha value is -1.71. The van der Waals surface area contributed by atoms with E-state index in [2.05, 4.69) is 5.32 Å². The number of carbonyl (C=O) groups is 1. The summed E-state index contributed by atoms with van der Waals surface area (Å²) < 4.78 is 10.7. The van der Waals surface area contributed by atoms with Gasteiger partial charge in [0.15, 0.2) is 0 Å². The Bertz CT molecular complexity index is 461. The zero-order chi connectivity index (χ0) is 15.1. The quantitative estimate of drug-likeness (QED) is 0.813. The van der Waals surface area contributed by atoms with E-state index in [0.29, 0.717) is 19.3 Å². The molecule has 1 N–H and O–H groups in total. The number of hydrogen-bond acceptors (Lipinski definition) is 4. The summed E-state index contributed by atoms with van der Waals surface area (Å²) in [6, 6.07) is 8.31. The van der Waals surface area contributed by atoms with E-state index in [-0.39, 0.29) is 11.9 Å². The van der Waals surface area contributed by atoms with Crippen LogP contribution in [-0.2, 0) is 9.53 Å². The van der Waals surface area contributed by atoms with Crippen molar-refractivity contribution >= 4 is 11.7 Å². The van der Waals surface area contributed by atoms with Crippen LogP contribution in [-0.4, -0.2) is 25.2 Å². The smallest absolute Gasteiger partial charge is 0.308 e. The molecule has 0 heterocycles. The molecular weight excluding hydrogens is 266 g/mol. The van der Waals surface area contributed by atoms with Gasteiger partial charge in [-0.05, 0) is 45.2 Å². The van der Waals surface area contributed by atoms with Crippen molar-refractivity contribution < 1.29 is 14.3 Å². The van der Waals surface area contributed by atoms with E-state index in [1.165, 1.54) is 0 Å². The van der Waals surface area contributed by atoms with Gasteiger partial charge in [-0.2, -0.15) is 0 Å². The summed E-state index contributed by atoms with van der Waals surface area (Å²) in [7, 11) is 0. The summed E-state index contributed by atoms with van der Waals surface area (Å²) in [5.41, 5.74) is 1.05. The van der Waals surface area contributed by atoms with Crippen molar-refractivity contribution in [3.63, 3.8) is 0 Å². The van der Waals surface area contributed by atoms with Crippen molar-refractivity contribution in [1.29, 1.82) is 0 Å². The minimum Gasteiger partial charge on any atom is -0.494 e. The molecule has 21 heavy (non-hydrogen) atoms. The summed E-state index contributed by atoms with van der Waals surface area (Å²) in [6.45, 7) is 4.96. The van der Waals surface area contributed by atoms with Gasteiger partial charge >= 0.3 is 5.97 Å². The summed E-state index contributed by atoms with van der Waals surface area (Å²) in [5.74, 6) is 0.860. The second-order valence-electron chi connectivity index (χ2n) is 5.42. The molecule has 1 aliphatic carbocycles. The average Bonchev–Trinajstić information content (AvgIpc) is 2.48. The Kier molecular flexibility index (Phi) is 5.90. The van der Waals surface area contributed by atoms with Crippen molar-refractivity contribution in [2.24, 2.45) is 5.92 Å². The molecule has 4 heteroatoms. The highest BCUT2D eigenvalue weighted by atomic mass is 16.5. The third-order valence-electron chi connectivity index (χ3n) is 3.81. The van der Waals surface area contributed by atoms with Crippen molar-refractivity contribution in [2.75, 3.05) is 18.5 Å². The number of hydrogen-bond donors (Lipinski definition) is 1. The number of carbonyl (C=O) groups excluding carboxylic acids is 1. The van der Waals surface area contributed by atoms with Crippen LogP contribution in [0.3, 0.4) is 0 Å². The van der Waals surface area contributed by atoms with Crippen molar-refractivity contribution in [3.8, 4) is 5.75 Å². The van der Waals surface area contributed by atoms with Gasteiger partial charge in [-0.3, -0.25) is 4.79 Å². The number of anilines is 1. The normalized spacial score (nSPS) is 21.6. The Morgan fingerprint density at radius 1 is 1.29 bits per heavy atom. The number of ether oxygens (including phenoxy) is 2. The van der Waals surface area contributed by atoms with Gasteiger partial charge in [-0.25, -0.2) is 0 Å². The topological polar surface area (TPSA) is 47.6 Å². The lowest BCUT2D eigenvalue weighted by atomic mass is 9.85. The predicted molar refractivity (Wildman–Crippen MR) is 83.6 cm³/mol. The maximum atomic E-state index is 11.9. The minimum absolute atomic E-state index is 0.0336. The largest absolute Gasteiger partial charge is 0.494 e. The van der Waals surface area contributed by atoms with Gasteiger partial charge in [0.25, 0.3) is 0 Å². The van der Waals surface area contributed by atoms with Gasteiger partial charge in [0, 0.05) is 17.8 Å². The van der Waals surface area contributed by atoms with Crippen molar-refractivity contribution in [2.45, 2.75) is 45.6 Å². The van der Waals surface area contributed by atoms with E-state index >= 15 is 0 Å². The number of esters is 1. The molecule has 1 aromatic carbocycles. The zero-order valence-electron chi connectivity index (χ0n) is 12.9. The second-order valence-corrected chi connectivity index (χ2v) is 5.42. The van der Waals surface area contributed by atoms with Crippen LogP contribution in [0.15, 0.2) is 24.3 Å².